The van der Waals surface area contributed by atoms with Crippen LogP contribution < -0.4 is 11.1 Å². The van der Waals surface area contributed by atoms with Crippen molar-refractivity contribution in [3.8, 4) is 0 Å². The zero-order chi connectivity index (χ0) is 13.8. The van der Waals surface area contributed by atoms with Crippen LogP contribution in [0, 0.1) is 6.92 Å². The molecule has 0 aliphatic carbocycles. The van der Waals surface area contributed by atoms with Gasteiger partial charge < -0.3 is 11.1 Å². The predicted octanol–water partition coefficient (Wildman–Crippen LogP) is 3.89. The van der Waals surface area contributed by atoms with E-state index in [-0.39, 0.29) is 0 Å². The minimum Gasteiger partial charge on any atom is -0.389 e. The number of hydrogen-bond acceptors (Lipinski definition) is 2. The molecule has 0 atom stereocenters. The highest BCUT2D eigenvalue weighted by molar-refractivity contribution is 7.80. The molecule has 0 unspecified atom stereocenters. The first-order valence-electron chi connectivity index (χ1n) is 5.95. The molecule has 0 aliphatic heterocycles. The highest BCUT2D eigenvalue weighted by atomic mass is 35.5. The zero-order valence-corrected chi connectivity index (χ0v) is 12.2. The fourth-order valence-corrected chi connectivity index (χ4v) is 2.12. The van der Waals surface area contributed by atoms with Gasteiger partial charge >= 0.3 is 0 Å². The van der Waals surface area contributed by atoms with E-state index in [0.29, 0.717) is 10.0 Å². The lowest BCUT2D eigenvalue weighted by molar-refractivity contribution is 1.14. The second-order valence-corrected chi connectivity index (χ2v) is 5.27. The number of rotatable bonds is 4. The van der Waals surface area contributed by atoms with E-state index in [1.54, 1.807) is 6.07 Å². The van der Waals surface area contributed by atoms with Crippen LogP contribution in [-0.2, 0) is 6.54 Å². The molecule has 0 amide bonds. The first-order valence-corrected chi connectivity index (χ1v) is 6.73. The Labute approximate surface area is 123 Å². The summed E-state index contributed by atoms with van der Waals surface area (Å²) in [7, 11) is 0. The second-order valence-electron chi connectivity index (χ2n) is 4.39. The van der Waals surface area contributed by atoms with Crippen LogP contribution >= 0.6 is 23.8 Å². The van der Waals surface area contributed by atoms with Crippen molar-refractivity contribution in [2.45, 2.75) is 13.5 Å². The molecule has 3 N–H and O–H groups in total. The van der Waals surface area contributed by atoms with Crippen LogP contribution in [0.25, 0.3) is 0 Å². The van der Waals surface area contributed by atoms with Crippen molar-refractivity contribution in [1.29, 1.82) is 0 Å². The van der Waals surface area contributed by atoms with Gasteiger partial charge in [-0.1, -0.05) is 53.6 Å². The van der Waals surface area contributed by atoms with E-state index in [4.69, 9.17) is 29.6 Å². The molecule has 98 valence electrons. The Balaban J connectivity index is 2.15. The van der Waals surface area contributed by atoms with Crippen LogP contribution in [0.15, 0.2) is 42.5 Å². The van der Waals surface area contributed by atoms with E-state index in [0.717, 1.165) is 17.8 Å². The Hall–Kier alpha value is -1.58. The highest BCUT2D eigenvalue weighted by Crippen LogP contribution is 2.21. The fraction of sp³-hybridized carbons (Fsp3) is 0.133. The zero-order valence-electron chi connectivity index (χ0n) is 10.6. The van der Waals surface area contributed by atoms with Crippen LogP contribution in [-0.4, -0.2) is 4.99 Å². The largest absolute Gasteiger partial charge is 0.389 e. The van der Waals surface area contributed by atoms with Crippen LogP contribution in [0.1, 0.15) is 16.7 Å². The average molecular weight is 291 g/mol. The third-order valence-electron chi connectivity index (χ3n) is 2.85. The van der Waals surface area contributed by atoms with E-state index in [1.165, 1.54) is 11.1 Å². The fourth-order valence-electron chi connectivity index (χ4n) is 1.78. The maximum absolute atomic E-state index is 5.95. The number of nitrogens with two attached hydrogens (primary N) is 1. The van der Waals surface area contributed by atoms with Gasteiger partial charge in [-0.25, -0.2) is 0 Å². The Bertz CT molecular complexity index is 594. The molecular weight excluding hydrogens is 276 g/mol. The Morgan fingerprint density at radius 1 is 1.21 bits per heavy atom. The highest BCUT2D eigenvalue weighted by Gasteiger charge is 2.05. The van der Waals surface area contributed by atoms with Gasteiger partial charge in [0.15, 0.2) is 0 Å². The van der Waals surface area contributed by atoms with Crippen molar-refractivity contribution in [2.75, 3.05) is 5.32 Å². The van der Waals surface area contributed by atoms with Gasteiger partial charge in [0.25, 0.3) is 0 Å². The molecule has 0 spiro atoms. The molecule has 0 aromatic heterocycles. The third kappa shape index (κ3) is 3.69. The van der Waals surface area contributed by atoms with Crippen LogP contribution in [0.4, 0.5) is 5.69 Å². The van der Waals surface area contributed by atoms with Gasteiger partial charge in [-0.3, -0.25) is 0 Å². The van der Waals surface area contributed by atoms with E-state index in [9.17, 15) is 0 Å². The normalized spacial score (nSPS) is 10.2. The Kier molecular flexibility index (Phi) is 4.40. The SMILES string of the molecule is Cc1ccc(CNc2ccc(Cl)cc2C(N)=S)cc1. The number of anilines is 1. The molecule has 0 saturated carbocycles. The lowest BCUT2D eigenvalue weighted by Gasteiger charge is -2.12. The molecule has 0 aliphatic rings. The van der Waals surface area contributed by atoms with Gasteiger partial charge in [-0.2, -0.15) is 0 Å². The third-order valence-corrected chi connectivity index (χ3v) is 3.31. The average Bonchev–Trinajstić information content (AvgIpc) is 2.39. The van der Waals surface area contributed by atoms with Crippen molar-refractivity contribution in [1.82, 2.24) is 0 Å². The van der Waals surface area contributed by atoms with E-state index in [1.807, 2.05) is 12.1 Å². The number of halogens is 1. The first kappa shape index (κ1) is 13.8. The molecule has 19 heavy (non-hydrogen) atoms. The minimum atomic E-state index is 0.342. The van der Waals surface area contributed by atoms with E-state index in [2.05, 4.69) is 36.5 Å². The Morgan fingerprint density at radius 2 is 1.89 bits per heavy atom. The summed E-state index contributed by atoms with van der Waals surface area (Å²) in [5, 5.41) is 3.96. The molecule has 2 aromatic rings. The number of aryl methyl sites for hydroxylation is 1. The van der Waals surface area contributed by atoms with Gasteiger partial charge in [-0.15, -0.1) is 0 Å². The molecule has 0 fully saturated rings. The smallest absolute Gasteiger partial charge is 0.106 e. The topological polar surface area (TPSA) is 38.0 Å². The maximum atomic E-state index is 5.95. The molecule has 0 bridgehead atoms. The summed E-state index contributed by atoms with van der Waals surface area (Å²) in [6.45, 7) is 2.79. The minimum absolute atomic E-state index is 0.342. The summed E-state index contributed by atoms with van der Waals surface area (Å²) >= 11 is 11.0. The summed E-state index contributed by atoms with van der Waals surface area (Å²) in [6.07, 6.45) is 0. The molecule has 0 radical (unpaired) electrons. The van der Waals surface area contributed by atoms with Gasteiger partial charge in [0, 0.05) is 22.8 Å². The van der Waals surface area contributed by atoms with Crippen molar-refractivity contribution in [3.63, 3.8) is 0 Å². The lowest BCUT2D eigenvalue weighted by atomic mass is 10.1. The summed E-state index contributed by atoms with van der Waals surface area (Å²) in [5.74, 6) is 0. The second kappa shape index (κ2) is 6.04. The van der Waals surface area contributed by atoms with Crippen molar-refractivity contribution in [2.24, 2.45) is 5.73 Å². The molecule has 4 heteroatoms. The maximum Gasteiger partial charge on any atom is 0.106 e. The summed E-state index contributed by atoms with van der Waals surface area (Å²) in [6, 6.07) is 13.9. The standard InChI is InChI=1S/C15H15ClN2S/c1-10-2-4-11(5-3-10)9-18-14-7-6-12(16)8-13(14)15(17)19/h2-8,18H,9H2,1H3,(H2,17,19). The predicted molar refractivity (Wildman–Crippen MR) is 85.8 cm³/mol. The number of benzene rings is 2. The van der Waals surface area contributed by atoms with Crippen LogP contribution in [0.2, 0.25) is 5.02 Å². The van der Waals surface area contributed by atoms with Gasteiger partial charge in [0.1, 0.15) is 4.99 Å². The Morgan fingerprint density at radius 3 is 2.53 bits per heavy atom. The van der Waals surface area contributed by atoms with Gasteiger partial charge in [-0.05, 0) is 30.7 Å². The quantitative estimate of drug-likeness (QED) is 0.839. The van der Waals surface area contributed by atoms with E-state index < -0.39 is 0 Å². The number of hydrogen-bond donors (Lipinski definition) is 2. The molecule has 0 saturated heterocycles. The van der Waals surface area contributed by atoms with Crippen LogP contribution in [0.3, 0.4) is 0 Å². The van der Waals surface area contributed by atoms with Crippen LogP contribution in [0.5, 0.6) is 0 Å². The summed E-state index contributed by atoms with van der Waals surface area (Å²) in [5.41, 5.74) is 9.83. The van der Waals surface area contributed by atoms with Crippen molar-refractivity contribution >= 4 is 34.5 Å². The molecular formula is C15H15ClN2S. The monoisotopic (exact) mass is 290 g/mol. The first-order chi connectivity index (χ1) is 9.06. The number of thiocarbonyl (C=S) groups is 1. The van der Waals surface area contributed by atoms with Gasteiger partial charge in [0.05, 0.1) is 0 Å². The number of nitrogens with one attached hydrogen (secondary N) is 1. The molecule has 2 rings (SSSR count). The van der Waals surface area contributed by atoms with E-state index >= 15 is 0 Å². The van der Waals surface area contributed by atoms with Crippen molar-refractivity contribution in [3.05, 3.63) is 64.2 Å². The van der Waals surface area contributed by atoms with Crippen molar-refractivity contribution < 1.29 is 0 Å². The molecule has 2 aromatic carbocycles. The molecule has 2 nitrogen and oxygen atoms in total. The summed E-state index contributed by atoms with van der Waals surface area (Å²) in [4.78, 5) is 0.342. The van der Waals surface area contributed by atoms with Gasteiger partial charge in [0.2, 0.25) is 0 Å². The molecule has 0 heterocycles. The summed E-state index contributed by atoms with van der Waals surface area (Å²) < 4.78 is 0. The lowest BCUT2D eigenvalue weighted by Crippen LogP contribution is -2.13.